The lowest BCUT2D eigenvalue weighted by Crippen LogP contribution is -2.44. The lowest BCUT2D eigenvalue weighted by molar-refractivity contribution is -0.141. The van der Waals surface area contributed by atoms with E-state index in [4.69, 9.17) is 9.84 Å². The molecule has 0 spiro atoms. The van der Waals surface area contributed by atoms with E-state index in [2.05, 4.69) is 0 Å². The molecule has 1 N–H and O–H groups in total. The van der Waals surface area contributed by atoms with Crippen LogP contribution >= 0.6 is 0 Å². The van der Waals surface area contributed by atoms with Crippen LogP contribution in [0.3, 0.4) is 0 Å². The molecule has 2 heterocycles. The van der Waals surface area contributed by atoms with Gasteiger partial charge in [0, 0.05) is 32.2 Å². The van der Waals surface area contributed by atoms with Gasteiger partial charge in [-0.15, -0.1) is 0 Å². The van der Waals surface area contributed by atoms with Crippen molar-refractivity contribution in [2.75, 3.05) is 13.2 Å². The predicted octanol–water partition coefficient (Wildman–Crippen LogP) is 4.48. The van der Waals surface area contributed by atoms with Gasteiger partial charge >= 0.3 is 5.97 Å². The summed E-state index contributed by atoms with van der Waals surface area (Å²) in [6.07, 6.45) is 3.24. The first-order valence-electron chi connectivity index (χ1n) is 12.8. The number of rotatable bonds is 7. The fraction of sp³-hybridized carbons (Fsp3) is 0.483. The SMILES string of the molecule is CC1(C)CCc2cc(CC(=O)[C@H]3c4cc5c(cc4CCN3C(=O)CCCC(=O)O)OCC5)cc(F)c21. The monoisotopic (exact) mass is 493 g/mol. The third-order valence-corrected chi connectivity index (χ3v) is 7.89. The number of aliphatic carboxylic acids is 1. The highest BCUT2D eigenvalue weighted by Crippen LogP contribution is 2.41. The molecule has 0 saturated carbocycles. The van der Waals surface area contributed by atoms with Gasteiger partial charge in [-0.3, -0.25) is 14.4 Å². The number of carbonyl (C=O) groups is 3. The summed E-state index contributed by atoms with van der Waals surface area (Å²) in [5.74, 6) is -0.753. The predicted molar refractivity (Wildman–Crippen MR) is 132 cm³/mol. The van der Waals surface area contributed by atoms with Crippen LogP contribution in [0.4, 0.5) is 4.39 Å². The maximum absolute atomic E-state index is 15.1. The molecule has 7 heteroatoms. The van der Waals surface area contributed by atoms with E-state index in [0.717, 1.165) is 52.8 Å². The number of hydrogen-bond acceptors (Lipinski definition) is 4. The number of carboxylic acids is 1. The summed E-state index contributed by atoms with van der Waals surface area (Å²) < 4.78 is 20.8. The minimum Gasteiger partial charge on any atom is -0.493 e. The van der Waals surface area contributed by atoms with Crippen molar-refractivity contribution < 1.29 is 28.6 Å². The van der Waals surface area contributed by atoms with Gasteiger partial charge in [-0.05, 0) is 82.7 Å². The second-order valence-electron chi connectivity index (χ2n) is 10.9. The van der Waals surface area contributed by atoms with Gasteiger partial charge in [-0.1, -0.05) is 19.9 Å². The molecule has 1 atom stereocenters. The van der Waals surface area contributed by atoms with Crippen molar-refractivity contribution in [2.24, 2.45) is 0 Å². The van der Waals surface area contributed by atoms with E-state index in [-0.39, 0.29) is 48.6 Å². The molecular weight excluding hydrogens is 461 g/mol. The third-order valence-electron chi connectivity index (χ3n) is 7.89. The van der Waals surface area contributed by atoms with Crippen LogP contribution in [0, 0.1) is 5.82 Å². The van der Waals surface area contributed by atoms with Crippen LogP contribution in [0.1, 0.15) is 79.0 Å². The molecule has 0 unspecified atom stereocenters. The van der Waals surface area contributed by atoms with E-state index in [0.29, 0.717) is 25.1 Å². The topological polar surface area (TPSA) is 83.9 Å². The van der Waals surface area contributed by atoms with E-state index in [9.17, 15) is 14.4 Å². The van der Waals surface area contributed by atoms with Crippen LogP contribution in [0.2, 0.25) is 0 Å². The Bertz CT molecular complexity index is 1250. The zero-order valence-corrected chi connectivity index (χ0v) is 20.9. The lowest BCUT2D eigenvalue weighted by Gasteiger charge is -2.37. The standard InChI is InChI=1S/C29H32FNO5/c1-29(2)9-6-20-12-17(13-22(30)27(20)29)14-23(32)28-21-15-19-8-11-36-24(19)16-18(21)7-10-31(28)25(33)4-3-5-26(34)35/h12-13,15-16,28H,3-11,14H2,1-2H3,(H,34,35)/t28-/m1/s1. The number of halogens is 1. The molecule has 0 bridgehead atoms. The molecule has 5 rings (SSSR count). The van der Waals surface area contributed by atoms with Crippen molar-refractivity contribution in [3.63, 3.8) is 0 Å². The highest BCUT2D eigenvalue weighted by molar-refractivity contribution is 5.92. The molecule has 36 heavy (non-hydrogen) atoms. The Kier molecular flexibility index (Phi) is 6.35. The van der Waals surface area contributed by atoms with Crippen molar-refractivity contribution in [1.82, 2.24) is 4.90 Å². The Morgan fingerprint density at radius 2 is 1.86 bits per heavy atom. The average Bonchev–Trinajstić information content (AvgIpc) is 3.39. The van der Waals surface area contributed by atoms with Gasteiger partial charge in [0.2, 0.25) is 5.91 Å². The van der Waals surface area contributed by atoms with Gasteiger partial charge in [-0.2, -0.15) is 0 Å². The minimum absolute atomic E-state index is 0.0290. The number of ketones is 1. The van der Waals surface area contributed by atoms with E-state index >= 15 is 4.39 Å². The first-order chi connectivity index (χ1) is 17.1. The Hall–Kier alpha value is -3.22. The number of carbonyl (C=O) groups excluding carboxylic acids is 2. The molecular formula is C29H32FNO5. The highest BCUT2D eigenvalue weighted by Gasteiger charge is 2.38. The molecule has 1 aliphatic carbocycles. The van der Waals surface area contributed by atoms with Crippen molar-refractivity contribution in [3.8, 4) is 5.75 Å². The fourth-order valence-electron chi connectivity index (χ4n) is 6.10. The van der Waals surface area contributed by atoms with Crippen LogP contribution in [-0.4, -0.2) is 40.8 Å². The van der Waals surface area contributed by atoms with Crippen molar-refractivity contribution in [2.45, 2.75) is 76.7 Å². The Morgan fingerprint density at radius 3 is 2.64 bits per heavy atom. The maximum atomic E-state index is 15.1. The number of hydrogen-bond donors (Lipinski definition) is 1. The first kappa shape index (κ1) is 24.5. The molecule has 0 aromatic heterocycles. The van der Waals surface area contributed by atoms with Gasteiger partial charge in [0.05, 0.1) is 6.61 Å². The van der Waals surface area contributed by atoms with Crippen LogP contribution < -0.4 is 4.74 Å². The molecule has 0 radical (unpaired) electrons. The number of carboxylic acid groups (broad SMARTS) is 1. The second kappa shape index (κ2) is 9.34. The van der Waals surface area contributed by atoms with Gasteiger partial charge in [0.1, 0.15) is 17.6 Å². The summed E-state index contributed by atoms with van der Waals surface area (Å²) in [4.78, 5) is 39.5. The summed E-state index contributed by atoms with van der Waals surface area (Å²) in [5.41, 5.74) is 4.94. The molecule has 1 amide bonds. The Morgan fingerprint density at radius 1 is 1.06 bits per heavy atom. The van der Waals surface area contributed by atoms with Crippen LogP contribution in [0.25, 0.3) is 0 Å². The molecule has 190 valence electrons. The van der Waals surface area contributed by atoms with Gasteiger partial charge in [-0.25, -0.2) is 4.39 Å². The molecule has 0 saturated heterocycles. The second-order valence-corrected chi connectivity index (χ2v) is 10.9. The van der Waals surface area contributed by atoms with Gasteiger partial charge < -0.3 is 14.7 Å². The van der Waals surface area contributed by atoms with Crippen LogP contribution in [0.5, 0.6) is 5.75 Å². The highest BCUT2D eigenvalue weighted by atomic mass is 19.1. The van der Waals surface area contributed by atoms with E-state index in [1.54, 1.807) is 4.90 Å². The van der Waals surface area contributed by atoms with Crippen molar-refractivity contribution >= 4 is 17.7 Å². The molecule has 2 aliphatic heterocycles. The average molecular weight is 494 g/mol. The zero-order chi connectivity index (χ0) is 25.6. The summed E-state index contributed by atoms with van der Waals surface area (Å²) in [6, 6.07) is 6.63. The number of fused-ring (bicyclic) bond motifs is 3. The van der Waals surface area contributed by atoms with Crippen molar-refractivity contribution in [3.05, 3.63) is 63.5 Å². The van der Waals surface area contributed by atoms with Crippen molar-refractivity contribution in [1.29, 1.82) is 0 Å². The third kappa shape index (κ3) is 4.51. The minimum atomic E-state index is -0.947. The smallest absolute Gasteiger partial charge is 0.303 e. The largest absolute Gasteiger partial charge is 0.493 e. The zero-order valence-electron chi connectivity index (χ0n) is 20.9. The molecule has 6 nitrogen and oxygen atoms in total. The summed E-state index contributed by atoms with van der Waals surface area (Å²) >= 11 is 0. The van der Waals surface area contributed by atoms with Crippen LogP contribution in [-0.2, 0) is 45.5 Å². The molecule has 2 aromatic rings. The normalized spacial score (nSPS) is 19.3. The van der Waals surface area contributed by atoms with E-state index in [1.807, 2.05) is 32.0 Å². The fourth-order valence-corrected chi connectivity index (χ4v) is 6.10. The van der Waals surface area contributed by atoms with E-state index in [1.165, 1.54) is 6.07 Å². The van der Waals surface area contributed by atoms with E-state index < -0.39 is 12.0 Å². The molecule has 3 aliphatic rings. The first-order valence-corrected chi connectivity index (χ1v) is 12.8. The summed E-state index contributed by atoms with van der Waals surface area (Å²) in [7, 11) is 0. The molecule has 0 fully saturated rings. The number of nitrogens with zero attached hydrogens (tertiary/aromatic N) is 1. The van der Waals surface area contributed by atoms with Crippen LogP contribution in [0.15, 0.2) is 24.3 Å². The quantitative estimate of drug-likeness (QED) is 0.615. The number of Topliss-reactive ketones (excluding diaryl/α,β-unsaturated/α-hetero) is 1. The lowest BCUT2D eigenvalue weighted by atomic mass is 9.84. The Balaban J connectivity index is 1.46. The maximum Gasteiger partial charge on any atom is 0.303 e. The Labute approximate surface area is 210 Å². The van der Waals surface area contributed by atoms with Gasteiger partial charge in [0.15, 0.2) is 5.78 Å². The summed E-state index contributed by atoms with van der Waals surface area (Å²) in [6.45, 7) is 5.06. The van der Waals surface area contributed by atoms with Gasteiger partial charge in [0.25, 0.3) is 0 Å². The molecule has 2 aromatic carbocycles. The number of ether oxygens (including phenoxy) is 1. The number of benzene rings is 2. The number of amides is 1. The summed E-state index contributed by atoms with van der Waals surface area (Å²) in [5, 5.41) is 8.96. The number of aryl methyl sites for hydroxylation is 1.